The maximum Gasteiger partial charge on any atom is 0.186 e. The molecule has 6 nitrogen and oxygen atoms in total. The minimum Gasteiger partial charge on any atom is -0.449 e. The van der Waals surface area contributed by atoms with Crippen molar-refractivity contribution in [3.8, 4) is 0 Å². The maximum absolute atomic E-state index is 10.5. The van der Waals surface area contributed by atoms with Crippen molar-refractivity contribution in [2.24, 2.45) is 16.6 Å². The van der Waals surface area contributed by atoms with Crippen LogP contribution in [-0.4, -0.2) is 37.7 Å². The molecule has 0 amide bonds. The molecule has 0 bridgehead atoms. The number of halogens is 1. The SMILES string of the molecule is C/N=C\C(=C/CC1CCCNC1)c1ccc(Cl)c(NC(O)C2=COC(N)=CC2)c1. The van der Waals surface area contributed by atoms with E-state index in [1.54, 1.807) is 13.1 Å². The lowest BCUT2D eigenvalue weighted by atomic mass is 9.94. The average molecular weight is 417 g/mol. The van der Waals surface area contributed by atoms with Gasteiger partial charge < -0.3 is 26.2 Å². The number of piperidine rings is 1. The van der Waals surface area contributed by atoms with E-state index in [9.17, 15) is 5.11 Å². The summed E-state index contributed by atoms with van der Waals surface area (Å²) in [6.45, 7) is 2.17. The van der Waals surface area contributed by atoms with Gasteiger partial charge in [0.2, 0.25) is 0 Å². The Kier molecular flexibility index (Phi) is 7.75. The van der Waals surface area contributed by atoms with Gasteiger partial charge in [-0.1, -0.05) is 23.7 Å². The first-order valence-corrected chi connectivity index (χ1v) is 10.3. The number of aliphatic hydroxyl groups is 1. The number of allylic oxidation sites excluding steroid dienone is 3. The van der Waals surface area contributed by atoms with Gasteiger partial charge in [0.1, 0.15) is 6.23 Å². The van der Waals surface area contributed by atoms with E-state index in [0.717, 1.165) is 30.6 Å². The monoisotopic (exact) mass is 416 g/mol. The molecule has 2 heterocycles. The van der Waals surface area contributed by atoms with Crippen LogP contribution >= 0.6 is 11.6 Å². The highest BCUT2D eigenvalue weighted by Crippen LogP contribution is 2.29. The number of nitrogens with zero attached hydrogens (tertiary/aromatic N) is 1. The van der Waals surface area contributed by atoms with Crippen LogP contribution in [0.25, 0.3) is 5.57 Å². The smallest absolute Gasteiger partial charge is 0.186 e. The second kappa shape index (κ2) is 10.5. The van der Waals surface area contributed by atoms with Crippen molar-refractivity contribution in [3.63, 3.8) is 0 Å². The molecule has 2 aliphatic rings. The van der Waals surface area contributed by atoms with Crippen LogP contribution in [0.3, 0.4) is 0 Å². The molecule has 1 saturated heterocycles. The Balaban J connectivity index is 1.74. The van der Waals surface area contributed by atoms with Gasteiger partial charge >= 0.3 is 0 Å². The maximum atomic E-state index is 10.5. The number of anilines is 1. The Morgan fingerprint density at radius 1 is 1.52 bits per heavy atom. The molecule has 0 radical (unpaired) electrons. The van der Waals surface area contributed by atoms with E-state index < -0.39 is 6.23 Å². The number of aliphatic imine (C=N–C) groups is 1. The average Bonchev–Trinajstić information content (AvgIpc) is 2.74. The van der Waals surface area contributed by atoms with Gasteiger partial charge in [0, 0.05) is 18.8 Å². The van der Waals surface area contributed by atoms with Crippen LogP contribution in [-0.2, 0) is 4.74 Å². The number of ether oxygens (including phenoxy) is 1. The summed E-state index contributed by atoms with van der Waals surface area (Å²) in [6.07, 6.45) is 10.4. The van der Waals surface area contributed by atoms with Gasteiger partial charge in [-0.05, 0) is 74.0 Å². The highest BCUT2D eigenvalue weighted by atomic mass is 35.5. The van der Waals surface area contributed by atoms with E-state index in [2.05, 4.69) is 21.7 Å². The minimum atomic E-state index is -0.923. The van der Waals surface area contributed by atoms with E-state index in [1.807, 2.05) is 24.4 Å². The number of hydrogen-bond acceptors (Lipinski definition) is 6. The van der Waals surface area contributed by atoms with Gasteiger partial charge in [0.05, 0.1) is 17.0 Å². The van der Waals surface area contributed by atoms with Gasteiger partial charge in [-0.25, -0.2) is 0 Å². The van der Waals surface area contributed by atoms with E-state index in [1.165, 1.54) is 19.1 Å². The molecule has 156 valence electrons. The molecule has 29 heavy (non-hydrogen) atoms. The van der Waals surface area contributed by atoms with E-state index in [-0.39, 0.29) is 0 Å². The van der Waals surface area contributed by atoms with Gasteiger partial charge in [0.15, 0.2) is 5.88 Å². The van der Waals surface area contributed by atoms with Gasteiger partial charge in [-0.3, -0.25) is 4.99 Å². The number of rotatable bonds is 7. The first-order chi connectivity index (χ1) is 14.1. The lowest BCUT2D eigenvalue weighted by Gasteiger charge is -2.22. The fourth-order valence-electron chi connectivity index (χ4n) is 3.49. The molecule has 3 rings (SSSR count). The summed E-state index contributed by atoms with van der Waals surface area (Å²) in [4.78, 5) is 4.21. The van der Waals surface area contributed by atoms with Crippen LogP contribution in [0.1, 0.15) is 31.2 Å². The van der Waals surface area contributed by atoms with Crippen LogP contribution in [0.4, 0.5) is 5.69 Å². The fourth-order valence-corrected chi connectivity index (χ4v) is 3.67. The first kappa shape index (κ1) is 21.4. The van der Waals surface area contributed by atoms with Crippen molar-refractivity contribution in [2.45, 2.75) is 31.9 Å². The van der Waals surface area contributed by atoms with Crippen molar-refractivity contribution in [2.75, 3.05) is 25.5 Å². The Morgan fingerprint density at radius 3 is 3.07 bits per heavy atom. The molecule has 1 fully saturated rings. The molecule has 1 aromatic carbocycles. The molecular formula is C22H29ClN4O2. The molecule has 0 aromatic heterocycles. The quantitative estimate of drug-likeness (QED) is 0.402. The molecule has 2 atom stereocenters. The summed E-state index contributed by atoms with van der Waals surface area (Å²) in [5.41, 5.74) is 8.95. The van der Waals surface area contributed by atoms with Gasteiger partial charge in [0.25, 0.3) is 0 Å². The first-order valence-electron chi connectivity index (χ1n) is 9.95. The van der Waals surface area contributed by atoms with Crippen molar-refractivity contribution < 1.29 is 9.84 Å². The van der Waals surface area contributed by atoms with Crippen molar-refractivity contribution in [3.05, 3.63) is 58.7 Å². The molecule has 0 aliphatic carbocycles. The van der Waals surface area contributed by atoms with Crippen molar-refractivity contribution >= 4 is 29.1 Å². The van der Waals surface area contributed by atoms with Gasteiger partial charge in [-0.15, -0.1) is 0 Å². The van der Waals surface area contributed by atoms with E-state index in [0.29, 0.717) is 34.5 Å². The third-order valence-electron chi connectivity index (χ3n) is 5.17. The predicted molar refractivity (Wildman–Crippen MR) is 120 cm³/mol. The second-order valence-corrected chi connectivity index (χ2v) is 7.76. The molecule has 2 unspecified atom stereocenters. The lowest BCUT2D eigenvalue weighted by Crippen LogP contribution is -2.29. The molecule has 5 N–H and O–H groups in total. The third kappa shape index (κ3) is 6.10. The summed E-state index contributed by atoms with van der Waals surface area (Å²) in [5.74, 6) is 0.984. The van der Waals surface area contributed by atoms with Crippen LogP contribution in [0.5, 0.6) is 0 Å². The molecular weight excluding hydrogens is 388 g/mol. The second-order valence-electron chi connectivity index (χ2n) is 7.36. The van der Waals surface area contributed by atoms with Crippen molar-refractivity contribution in [1.29, 1.82) is 0 Å². The number of aliphatic hydroxyl groups excluding tert-OH is 1. The number of nitrogens with two attached hydrogens (primary N) is 1. The Labute approximate surface area is 177 Å². The van der Waals surface area contributed by atoms with Crippen LogP contribution in [0.2, 0.25) is 5.02 Å². The summed E-state index contributed by atoms with van der Waals surface area (Å²) < 4.78 is 5.18. The standard InChI is InChI=1S/C22H29ClN4O2/c1-25-13-17(5-4-15-3-2-10-26-12-15)16-6-8-19(23)20(11-16)27-22(28)18-7-9-21(24)29-14-18/h5-6,8-9,11,13-15,22,26-28H,2-4,7,10,12,24H2,1H3/b17-5+,25-13-. The highest BCUT2D eigenvalue weighted by Gasteiger charge is 2.16. The molecule has 1 aromatic rings. The summed E-state index contributed by atoms with van der Waals surface area (Å²) in [7, 11) is 1.77. The van der Waals surface area contributed by atoms with Crippen LogP contribution in [0.15, 0.2) is 53.1 Å². The largest absolute Gasteiger partial charge is 0.449 e. The summed E-state index contributed by atoms with van der Waals surface area (Å²) in [5, 5.41) is 17.6. The molecule has 0 saturated carbocycles. The number of nitrogens with one attached hydrogen (secondary N) is 2. The zero-order chi connectivity index (χ0) is 20.6. The number of benzene rings is 1. The molecule has 2 aliphatic heterocycles. The number of hydrogen-bond donors (Lipinski definition) is 4. The van der Waals surface area contributed by atoms with Gasteiger partial charge in [-0.2, -0.15) is 0 Å². The molecule has 0 spiro atoms. The third-order valence-corrected chi connectivity index (χ3v) is 5.50. The Hall–Kier alpha value is -2.28. The Bertz CT molecular complexity index is 826. The normalized spacial score (nSPS) is 21.3. The van der Waals surface area contributed by atoms with E-state index >= 15 is 0 Å². The predicted octanol–water partition coefficient (Wildman–Crippen LogP) is 3.65. The zero-order valence-electron chi connectivity index (χ0n) is 16.7. The van der Waals surface area contributed by atoms with E-state index in [4.69, 9.17) is 22.1 Å². The fraction of sp³-hybridized carbons (Fsp3) is 0.409. The minimum absolute atomic E-state index is 0.336. The summed E-state index contributed by atoms with van der Waals surface area (Å²) in [6, 6.07) is 5.74. The highest BCUT2D eigenvalue weighted by molar-refractivity contribution is 6.33. The van der Waals surface area contributed by atoms with Crippen molar-refractivity contribution in [1.82, 2.24) is 5.32 Å². The zero-order valence-corrected chi connectivity index (χ0v) is 17.5. The van der Waals surface area contributed by atoms with Crippen LogP contribution in [0, 0.1) is 5.92 Å². The topological polar surface area (TPSA) is 91.9 Å². The molecule has 7 heteroatoms. The lowest BCUT2D eigenvalue weighted by molar-refractivity contribution is 0.223. The Morgan fingerprint density at radius 2 is 2.38 bits per heavy atom. The summed E-state index contributed by atoms with van der Waals surface area (Å²) >= 11 is 6.37. The van der Waals surface area contributed by atoms with Crippen LogP contribution < -0.4 is 16.4 Å².